The van der Waals surface area contributed by atoms with Gasteiger partial charge in [-0.1, -0.05) is 6.07 Å². The van der Waals surface area contributed by atoms with Gasteiger partial charge in [0.25, 0.3) is 0 Å². The number of aromatic carboxylic acids is 1. The molecule has 2 aromatic rings. The number of nitrogens with one attached hydrogen (secondary N) is 2. The highest BCUT2D eigenvalue weighted by molar-refractivity contribution is 5.92. The molecular weight excluding hydrogens is 298 g/mol. The number of carbonyl (C=O) groups is 1. The molecule has 3 N–H and O–H groups in total. The molecule has 1 aliphatic rings. The first kappa shape index (κ1) is 14.9. The second-order valence-corrected chi connectivity index (χ2v) is 5.07. The quantitative estimate of drug-likeness (QED) is 0.765. The van der Waals surface area contributed by atoms with E-state index < -0.39 is 5.97 Å². The van der Waals surface area contributed by atoms with E-state index in [4.69, 9.17) is 4.74 Å². The topological polar surface area (TPSA) is 91.7 Å². The maximum absolute atomic E-state index is 11.4. The van der Waals surface area contributed by atoms with Gasteiger partial charge in [0.15, 0.2) is 5.69 Å². The number of ether oxygens (including phenoxy) is 1. The molecule has 120 valence electrons. The molecule has 1 aromatic heterocycles. The molecule has 2 heterocycles. The minimum atomic E-state index is -1.09. The van der Waals surface area contributed by atoms with E-state index in [0.717, 1.165) is 11.4 Å². The highest BCUT2D eigenvalue weighted by atomic mass is 16.5. The maximum atomic E-state index is 11.4. The zero-order chi connectivity index (χ0) is 16.4. The molecule has 3 rings (SSSR count). The molecule has 23 heavy (non-hydrogen) atoms. The zero-order valence-corrected chi connectivity index (χ0v) is 12.8. The molecule has 0 atom stereocenters. The first-order valence-electron chi connectivity index (χ1n) is 6.98. The Labute approximate surface area is 132 Å². The van der Waals surface area contributed by atoms with Crippen LogP contribution in [-0.2, 0) is 0 Å². The predicted octanol–water partition coefficient (Wildman–Crippen LogP) is 1.28. The Morgan fingerprint density at radius 1 is 1.48 bits per heavy atom. The highest BCUT2D eigenvalue weighted by Gasteiger charge is 2.19. The average molecular weight is 315 g/mol. The summed E-state index contributed by atoms with van der Waals surface area (Å²) in [6.45, 7) is 0.597. The molecule has 0 unspecified atom stereocenters. The monoisotopic (exact) mass is 315 g/mol. The summed E-state index contributed by atoms with van der Waals surface area (Å²) in [5, 5.41) is 18.4. The van der Waals surface area contributed by atoms with Crippen molar-refractivity contribution >= 4 is 11.7 Å². The van der Waals surface area contributed by atoms with Gasteiger partial charge in [0.05, 0.1) is 31.2 Å². The number of anilines is 1. The Kier molecular flexibility index (Phi) is 3.90. The molecule has 1 aliphatic heterocycles. The fourth-order valence-electron chi connectivity index (χ4n) is 2.29. The van der Waals surface area contributed by atoms with Crippen LogP contribution in [0.1, 0.15) is 10.5 Å². The smallest absolute Gasteiger partial charge is 0.358 e. The molecule has 0 saturated heterocycles. The zero-order valence-electron chi connectivity index (χ0n) is 12.8. The molecule has 0 amide bonds. The lowest BCUT2D eigenvalue weighted by Crippen LogP contribution is -2.24. The normalized spacial score (nSPS) is 13.8. The second-order valence-electron chi connectivity index (χ2n) is 5.07. The van der Waals surface area contributed by atoms with Crippen LogP contribution in [0.5, 0.6) is 5.75 Å². The number of rotatable bonds is 5. The molecule has 0 bridgehead atoms. The summed E-state index contributed by atoms with van der Waals surface area (Å²) in [6, 6.07) is 7.25. The standard InChI is InChI=1S/C15H17N5O3/c1-19-8-10(7-16-19)17-13-9-20(18-14(13)15(21)22)11-4-3-5-12(6-11)23-2/h3-6,8-9,16-17H,7H2,1-2H3,(H,21,22). The number of carboxylic acids is 1. The van der Waals surface area contributed by atoms with Crippen molar-refractivity contribution < 1.29 is 14.6 Å². The SMILES string of the molecule is COc1cccc(-n2cc(NC3=CN(C)NC3)c(C(=O)O)n2)c1. The molecule has 0 radical (unpaired) electrons. The first-order valence-corrected chi connectivity index (χ1v) is 6.98. The molecule has 0 fully saturated rings. The van der Waals surface area contributed by atoms with Crippen LogP contribution >= 0.6 is 0 Å². The van der Waals surface area contributed by atoms with E-state index >= 15 is 0 Å². The van der Waals surface area contributed by atoms with Crippen molar-refractivity contribution in [2.45, 2.75) is 0 Å². The Morgan fingerprint density at radius 2 is 2.30 bits per heavy atom. The molecular formula is C15H17N5O3. The van der Waals surface area contributed by atoms with Crippen molar-refractivity contribution in [2.24, 2.45) is 0 Å². The number of nitrogens with zero attached hydrogens (tertiary/aromatic N) is 3. The lowest BCUT2D eigenvalue weighted by Gasteiger charge is -2.04. The maximum Gasteiger partial charge on any atom is 0.358 e. The third-order valence-electron chi connectivity index (χ3n) is 3.40. The third-order valence-corrected chi connectivity index (χ3v) is 3.40. The molecule has 0 aliphatic carbocycles. The van der Waals surface area contributed by atoms with Crippen LogP contribution in [0.2, 0.25) is 0 Å². The van der Waals surface area contributed by atoms with Gasteiger partial charge in [0, 0.05) is 25.0 Å². The number of benzene rings is 1. The van der Waals surface area contributed by atoms with Crippen LogP contribution < -0.4 is 15.5 Å². The average Bonchev–Trinajstić information content (AvgIpc) is 3.14. The second kappa shape index (κ2) is 6.01. The lowest BCUT2D eigenvalue weighted by atomic mass is 10.3. The van der Waals surface area contributed by atoms with Crippen molar-refractivity contribution in [3.63, 3.8) is 0 Å². The number of hydrazine groups is 1. The summed E-state index contributed by atoms with van der Waals surface area (Å²) in [6.07, 6.45) is 3.51. The molecule has 8 heteroatoms. The molecule has 0 spiro atoms. The predicted molar refractivity (Wildman–Crippen MR) is 84.5 cm³/mol. The highest BCUT2D eigenvalue weighted by Crippen LogP contribution is 2.22. The van der Waals surface area contributed by atoms with Crippen LogP contribution in [-0.4, -0.2) is 46.6 Å². The van der Waals surface area contributed by atoms with Crippen molar-refractivity contribution in [1.82, 2.24) is 20.2 Å². The minimum Gasteiger partial charge on any atom is -0.497 e. The number of hydrogen-bond donors (Lipinski definition) is 3. The van der Waals surface area contributed by atoms with Gasteiger partial charge >= 0.3 is 5.97 Å². The van der Waals surface area contributed by atoms with Crippen molar-refractivity contribution in [3.05, 3.63) is 48.1 Å². The summed E-state index contributed by atoms with van der Waals surface area (Å²) in [5.74, 6) is -0.414. The Bertz CT molecular complexity index is 768. The van der Waals surface area contributed by atoms with Gasteiger partial charge in [-0.15, -0.1) is 0 Å². The summed E-state index contributed by atoms with van der Waals surface area (Å²) in [4.78, 5) is 11.4. The fraction of sp³-hybridized carbons (Fsp3) is 0.200. The van der Waals surface area contributed by atoms with Gasteiger partial charge in [0.1, 0.15) is 5.75 Å². The van der Waals surface area contributed by atoms with E-state index in [1.807, 2.05) is 31.4 Å². The van der Waals surface area contributed by atoms with Crippen molar-refractivity contribution in [3.8, 4) is 11.4 Å². The molecule has 1 aromatic carbocycles. The van der Waals surface area contributed by atoms with E-state index in [1.165, 1.54) is 4.68 Å². The van der Waals surface area contributed by atoms with E-state index in [2.05, 4.69) is 15.8 Å². The molecule has 0 saturated carbocycles. The van der Waals surface area contributed by atoms with Crippen LogP contribution in [0.25, 0.3) is 5.69 Å². The lowest BCUT2D eigenvalue weighted by molar-refractivity contribution is 0.0691. The first-order chi connectivity index (χ1) is 11.1. The van der Waals surface area contributed by atoms with Gasteiger partial charge in [0.2, 0.25) is 0 Å². The van der Waals surface area contributed by atoms with Gasteiger partial charge < -0.3 is 20.2 Å². The van der Waals surface area contributed by atoms with Gasteiger partial charge in [-0.05, 0) is 12.1 Å². The summed E-state index contributed by atoms with van der Waals surface area (Å²) < 4.78 is 6.70. The van der Waals surface area contributed by atoms with Crippen LogP contribution in [0, 0.1) is 0 Å². The number of hydrogen-bond acceptors (Lipinski definition) is 6. The van der Waals surface area contributed by atoms with Gasteiger partial charge in [-0.3, -0.25) is 0 Å². The van der Waals surface area contributed by atoms with Crippen molar-refractivity contribution in [2.75, 3.05) is 26.0 Å². The van der Waals surface area contributed by atoms with E-state index in [0.29, 0.717) is 18.0 Å². The Balaban J connectivity index is 1.95. The summed E-state index contributed by atoms with van der Waals surface area (Å²) in [7, 11) is 3.44. The fourth-order valence-corrected chi connectivity index (χ4v) is 2.29. The van der Waals surface area contributed by atoms with E-state index in [9.17, 15) is 9.90 Å². The minimum absolute atomic E-state index is 0.0386. The number of methoxy groups -OCH3 is 1. The van der Waals surface area contributed by atoms with Crippen LogP contribution in [0.4, 0.5) is 5.69 Å². The Hall–Kier alpha value is -3.00. The number of carboxylic acid groups (broad SMARTS) is 1. The van der Waals surface area contributed by atoms with Gasteiger partial charge in [-0.2, -0.15) is 5.10 Å². The largest absolute Gasteiger partial charge is 0.497 e. The molecule has 8 nitrogen and oxygen atoms in total. The van der Waals surface area contributed by atoms with Crippen LogP contribution in [0.3, 0.4) is 0 Å². The van der Waals surface area contributed by atoms with Gasteiger partial charge in [-0.25, -0.2) is 14.9 Å². The van der Waals surface area contributed by atoms with Crippen LogP contribution in [0.15, 0.2) is 42.4 Å². The van der Waals surface area contributed by atoms with E-state index in [-0.39, 0.29) is 5.69 Å². The Morgan fingerprint density at radius 3 is 2.96 bits per heavy atom. The van der Waals surface area contributed by atoms with Crippen molar-refractivity contribution in [1.29, 1.82) is 0 Å². The third kappa shape index (κ3) is 3.11. The number of aromatic nitrogens is 2. The van der Waals surface area contributed by atoms with E-state index in [1.54, 1.807) is 24.4 Å². The summed E-state index contributed by atoms with van der Waals surface area (Å²) in [5.41, 5.74) is 5.05. The summed E-state index contributed by atoms with van der Waals surface area (Å²) >= 11 is 0.